The zero-order valence-corrected chi connectivity index (χ0v) is 7.00. The van der Waals surface area contributed by atoms with Crippen LogP contribution in [0.5, 0.6) is 0 Å². The number of nitrogens with two attached hydrogens (primary N) is 1. The minimum Gasteiger partial charge on any atom is -0.478 e. The second-order valence-electron chi connectivity index (χ2n) is 2.78. The van der Waals surface area contributed by atoms with Gasteiger partial charge in [-0.2, -0.15) is 0 Å². The maximum atomic E-state index is 10.1. The van der Waals surface area contributed by atoms with E-state index in [1.807, 2.05) is 6.92 Å². The van der Waals surface area contributed by atoms with Crippen LogP contribution >= 0.6 is 0 Å². The van der Waals surface area contributed by atoms with Gasteiger partial charge in [-0.3, -0.25) is 0 Å². The Hall–Kier alpha value is -0.990. The van der Waals surface area contributed by atoms with Crippen LogP contribution in [0.2, 0.25) is 0 Å². The van der Waals surface area contributed by atoms with Crippen LogP contribution in [-0.4, -0.2) is 11.1 Å². The standard InChI is InChI=1S/C8H15NO2/c1-3-6(2)4-7(9)5-8(10)11/h5-6H,3-4,9H2,1-2H3,(H,10,11). The number of rotatable bonds is 4. The third kappa shape index (κ3) is 5.45. The van der Waals surface area contributed by atoms with Crippen molar-refractivity contribution in [3.63, 3.8) is 0 Å². The Kier molecular flexibility index (Phi) is 4.34. The second kappa shape index (κ2) is 4.77. The number of carbonyl (C=O) groups is 1. The molecule has 0 aromatic carbocycles. The molecule has 3 N–H and O–H groups in total. The fourth-order valence-electron chi connectivity index (χ4n) is 0.764. The largest absolute Gasteiger partial charge is 0.478 e. The number of aliphatic carboxylic acids is 1. The van der Waals surface area contributed by atoms with Crippen molar-refractivity contribution in [2.75, 3.05) is 0 Å². The van der Waals surface area contributed by atoms with Gasteiger partial charge in [0, 0.05) is 11.8 Å². The molecule has 0 amide bonds. The van der Waals surface area contributed by atoms with Gasteiger partial charge in [-0.1, -0.05) is 20.3 Å². The number of carboxylic acids is 1. The first-order chi connectivity index (χ1) is 5.06. The van der Waals surface area contributed by atoms with E-state index >= 15 is 0 Å². The molecule has 0 saturated carbocycles. The molecule has 0 heterocycles. The number of allylic oxidation sites excluding steroid dienone is 1. The van der Waals surface area contributed by atoms with Gasteiger partial charge in [-0.15, -0.1) is 0 Å². The first-order valence-electron chi connectivity index (χ1n) is 3.75. The van der Waals surface area contributed by atoms with Crippen LogP contribution in [0.15, 0.2) is 11.8 Å². The molecule has 0 rings (SSSR count). The lowest BCUT2D eigenvalue weighted by atomic mass is 10.0. The molecule has 3 nitrogen and oxygen atoms in total. The Morgan fingerprint density at radius 3 is 2.64 bits per heavy atom. The summed E-state index contributed by atoms with van der Waals surface area (Å²) in [6.45, 7) is 4.10. The summed E-state index contributed by atoms with van der Waals surface area (Å²) in [5, 5.41) is 8.31. The van der Waals surface area contributed by atoms with Gasteiger partial charge in [0.2, 0.25) is 0 Å². The molecule has 0 bridgehead atoms. The third-order valence-corrected chi connectivity index (χ3v) is 1.59. The van der Waals surface area contributed by atoms with Crippen molar-refractivity contribution in [1.82, 2.24) is 0 Å². The fourth-order valence-corrected chi connectivity index (χ4v) is 0.764. The van der Waals surface area contributed by atoms with E-state index in [-0.39, 0.29) is 0 Å². The molecule has 0 radical (unpaired) electrons. The first kappa shape index (κ1) is 10.0. The van der Waals surface area contributed by atoms with Crippen LogP contribution in [0.4, 0.5) is 0 Å². The molecular formula is C8H15NO2. The zero-order valence-electron chi connectivity index (χ0n) is 7.00. The van der Waals surface area contributed by atoms with E-state index < -0.39 is 5.97 Å². The van der Waals surface area contributed by atoms with Gasteiger partial charge >= 0.3 is 5.97 Å². The molecule has 0 fully saturated rings. The topological polar surface area (TPSA) is 63.3 Å². The number of hydrogen-bond acceptors (Lipinski definition) is 2. The molecule has 3 heteroatoms. The van der Waals surface area contributed by atoms with Crippen LogP contribution in [0.3, 0.4) is 0 Å². The van der Waals surface area contributed by atoms with Crippen molar-refractivity contribution in [1.29, 1.82) is 0 Å². The van der Waals surface area contributed by atoms with E-state index in [9.17, 15) is 4.79 Å². The molecular weight excluding hydrogens is 142 g/mol. The summed E-state index contributed by atoms with van der Waals surface area (Å²) in [5.74, 6) is -0.503. The van der Waals surface area contributed by atoms with Crippen LogP contribution in [-0.2, 0) is 4.79 Å². The van der Waals surface area contributed by atoms with E-state index in [0.717, 1.165) is 12.5 Å². The Balaban J connectivity index is 3.85. The zero-order chi connectivity index (χ0) is 8.85. The summed E-state index contributed by atoms with van der Waals surface area (Å²) >= 11 is 0. The minimum absolute atomic E-state index is 0.451. The van der Waals surface area contributed by atoms with E-state index in [2.05, 4.69) is 6.92 Å². The average molecular weight is 157 g/mol. The normalized spacial score (nSPS) is 14.5. The van der Waals surface area contributed by atoms with Crippen molar-refractivity contribution in [3.8, 4) is 0 Å². The lowest BCUT2D eigenvalue weighted by Crippen LogP contribution is -2.05. The molecule has 1 atom stereocenters. The van der Waals surface area contributed by atoms with Gasteiger partial charge in [-0.25, -0.2) is 4.79 Å². The van der Waals surface area contributed by atoms with Crippen molar-refractivity contribution in [2.45, 2.75) is 26.7 Å². The Morgan fingerprint density at radius 1 is 1.73 bits per heavy atom. The monoisotopic (exact) mass is 157 g/mol. The number of hydrogen-bond donors (Lipinski definition) is 2. The summed E-state index contributed by atoms with van der Waals surface area (Å²) in [4.78, 5) is 10.1. The summed E-state index contributed by atoms with van der Waals surface area (Å²) < 4.78 is 0. The van der Waals surface area contributed by atoms with Crippen molar-refractivity contribution in [3.05, 3.63) is 11.8 Å². The molecule has 0 aliphatic rings. The lowest BCUT2D eigenvalue weighted by Gasteiger charge is -2.06. The average Bonchev–Trinajstić information content (AvgIpc) is 1.85. The van der Waals surface area contributed by atoms with E-state index in [1.54, 1.807) is 0 Å². The van der Waals surface area contributed by atoms with Gasteiger partial charge in [0.05, 0.1) is 0 Å². The molecule has 0 spiro atoms. The van der Waals surface area contributed by atoms with Crippen LogP contribution in [0, 0.1) is 5.92 Å². The van der Waals surface area contributed by atoms with Crippen molar-refractivity contribution >= 4 is 5.97 Å². The predicted octanol–water partition coefficient (Wildman–Crippen LogP) is 1.35. The molecule has 0 aliphatic carbocycles. The third-order valence-electron chi connectivity index (χ3n) is 1.59. The molecule has 64 valence electrons. The predicted molar refractivity (Wildman–Crippen MR) is 44.0 cm³/mol. The molecule has 0 aromatic rings. The summed E-state index contributed by atoms with van der Waals surface area (Å²) in [7, 11) is 0. The highest BCUT2D eigenvalue weighted by Crippen LogP contribution is 2.09. The first-order valence-corrected chi connectivity index (χ1v) is 3.75. The highest BCUT2D eigenvalue weighted by molar-refractivity contribution is 5.80. The summed E-state index contributed by atoms with van der Waals surface area (Å²) in [6.07, 6.45) is 2.75. The van der Waals surface area contributed by atoms with Gasteiger partial charge in [-0.05, 0) is 12.3 Å². The van der Waals surface area contributed by atoms with E-state index in [1.165, 1.54) is 0 Å². The Labute approximate surface area is 66.9 Å². The highest BCUT2D eigenvalue weighted by atomic mass is 16.4. The van der Waals surface area contributed by atoms with Gasteiger partial charge < -0.3 is 10.8 Å². The quantitative estimate of drug-likeness (QED) is 0.605. The van der Waals surface area contributed by atoms with Crippen LogP contribution in [0.25, 0.3) is 0 Å². The maximum Gasteiger partial charge on any atom is 0.330 e. The van der Waals surface area contributed by atoms with Gasteiger partial charge in [0.1, 0.15) is 0 Å². The minimum atomic E-state index is -0.967. The SMILES string of the molecule is CCC(C)CC(N)=CC(=O)O. The molecule has 1 unspecified atom stereocenters. The lowest BCUT2D eigenvalue weighted by molar-refractivity contribution is -0.131. The molecule has 0 aliphatic heterocycles. The van der Waals surface area contributed by atoms with Crippen LogP contribution < -0.4 is 5.73 Å². The smallest absolute Gasteiger partial charge is 0.330 e. The van der Waals surface area contributed by atoms with Gasteiger partial charge in [0.25, 0.3) is 0 Å². The highest BCUT2D eigenvalue weighted by Gasteiger charge is 2.01. The summed E-state index contributed by atoms with van der Waals surface area (Å²) in [5.41, 5.74) is 5.88. The maximum absolute atomic E-state index is 10.1. The Bertz CT molecular complexity index is 163. The fraction of sp³-hybridized carbons (Fsp3) is 0.625. The summed E-state index contributed by atoms with van der Waals surface area (Å²) in [6, 6.07) is 0. The van der Waals surface area contributed by atoms with Crippen LogP contribution in [0.1, 0.15) is 26.7 Å². The second-order valence-corrected chi connectivity index (χ2v) is 2.78. The van der Waals surface area contributed by atoms with Gasteiger partial charge in [0.15, 0.2) is 0 Å². The van der Waals surface area contributed by atoms with Crippen molar-refractivity contribution in [2.24, 2.45) is 11.7 Å². The molecule has 11 heavy (non-hydrogen) atoms. The molecule has 0 saturated heterocycles. The molecule has 0 aromatic heterocycles. The van der Waals surface area contributed by atoms with Crippen molar-refractivity contribution < 1.29 is 9.90 Å². The van der Waals surface area contributed by atoms with E-state index in [4.69, 9.17) is 10.8 Å². The Morgan fingerprint density at radius 2 is 2.27 bits per heavy atom. The number of carboxylic acid groups (broad SMARTS) is 1. The van der Waals surface area contributed by atoms with E-state index in [0.29, 0.717) is 18.0 Å².